The minimum Gasteiger partial charge on any atom is -0.360 e. The SMILES string of the molecule is CC(=O)NCc1cc(C=O)c(C)[nH]1. The Bertz CT molecular complexity index is 328. The van der Waals surface area contributed by atoms with Gasteiger partial charge in [0.25, 0.3) is 0 Å². The molecule has 0 aliphatic heterocycles. The van der Waals surface area contributed by atoms with Gasteiger partial charge in [0.15, 0.2) is 6.29 Å². The molecule has 0 saturated heterocycles. The summed E-state index contributed by atoms with van der Waals surface area (Å²) < 4.78 is 0. The Morgan fingerprint density at radius 2 is 2.38 bits per heavy atom. The van der Waals surface area contributed by atoms with Gasteiger partial charge in [0.1, 0.15) is 0 Å². The van der Waals surface area contributed by atoms with E-state index in [4.69, 9.17) is 0 Å². The number of carbonyl (C=O) groups excluding carboxylic acids is 2. The standard InChI is InChI=1S/C9H12N2O2/c1-6-8(5-12)3-9(11-6)4-10-7(2)13/h3,5,11H,4H2,1-2H3,(H,10,13). The molecule has 0 atom stereocenters. The van der Waals surface area contributed by atoms with Gasteiger partial charge in [0, 0.05) is 23.9 Å². The van der Waals surface area contributed by atoms with Crippen LogP contribution in [0, 0.1) is 6.92 Å². The summed E-state index contributed by atoms with van der Waals surface area (Å²) >= 11 is 0. The van der Waals surface area contributed by atoms with Crippen LogP contribution >= 0.6 is 0 Å². The summed E-state index contributed by atoms with van der Waals surface area (Å²) in [6.07, 6.45) is 0.795. The molecule has 0 bridgehead atoms. The molecule has 0 aliphatic rings. The molecule has 0 aromatic carbocycles. The van der Waals surface area contributed by atoms with Crippen molar-refractivity contribution in [1.29, 1.82) is 0 Å². The van der Waals surface area contributed by atoms with Gasteiger partial charge >= 0.3 is 0 Å². The van der Waals surface area contributed by atoms with Gasteiger partial charge in [-0.15, -0.1) is 0 Å². The van der Waals surface area contributed by atoms with E-state index in [9.17, 15) is 9.59 Å². The topological polar surface area (TPSA) is 62.0 Å². The highest BCUT2D eigenvalue weighted by atomic mass is 16.1. The predicted octanol–water partition coefficient (Wildman–Crippen LogP) is 0.772. The molecule has 1 aromatic heterocycles. The van der Waals surface area contributed by atoms with Crippen molar-refractivity contribution in [3.8, 4) is 0 Å². The number of nitrogens with one attached hydrogen (secondary N) is 2. The van der Waals surface area contributed by atoms with Crippen LogP contribution in [-0.2, 0) is 11.3 Å². The number of aromatic amines is 1. The molecule has 13 heavy (non-hydrogen) atoms. The minimum atomic E-state index is -0.0834. The van der Waals surface area contributed by atoms with Gasteiger partial charge in [-0.3, -0.25) is 9.59 Å². The fourth-order valence-corrected chi connectivity index (χ4v) is 1.08. The number of aromatic nitrogens is 1. The van der Waals surface area contributed by atoms with E-state index in [0.717, 1.165) is 17.7 Å². The maximum absolute atomic E-state index is 10.6. The Labute approximate surface area is 76.3 Å². The normalized spacial score (nSPS) is 9.69. The van der Waals surface area contributed by atoms with Crippen molar-refractivity contribution < 1.29 is 9.59 Å². The zero-order valence-electron chi connectivity index (χ0n) is 7.68. The van der Waals surface area contributed by atoms with Gasteiger partial charge in [-0.1, -0.05) is 0 Å². The molecule has 4 heteroatoms. The van der Waals surface area contributed by atoms with E-state index >= 15 is 0 Å². The highest BCUT2D eigenvalue weighted by molar-refractivity contribution is 5.77. The fraction of sp³-hybridized carbons (Fsp3) is 0.333. The molecule has 2 N–H and O–H groups in total. The molecule has 0 saturated carbocycles. The van der Waals surface area contributed by atoms with Gasteiger partial charge in [0.05, 0.1) is 6.54 Å². The molecule has 0 spiro atoms. The monoisotopic (exact) mass is 180 g/mol. The lowest BCUT2D eigenvalue weighted by Gasteiger charge is -1.97. The third kappa shape index (κ3) is 2.43. The van der Waals surface area contributed by atoms with Crippen LogP contribution in [0.1, 0.15) is 28.7 Å². The Kier molecular flexibility index (Phi) is 2.84. The third-order valence-electron chi connectivity index (χ3n) is 1.77. The van der Waals surface area contributed by atoms with Crippen molar-refractivity contribution in [3.05, 3.63) is 23.0 Å². The van der Waals surface area contributed by atoms with E-state index in [0.29, 0.717) is 12.1 Å². The van der Waals surface area contributed by atoms with Gasteiger partial charge < -0.3 is 10.3 Å². The Morgan fingerprint density at radius 1 is 1.69 bits per heavy atom. The second-order valence-electron chi connectivity index (χ2n) is 2.90. The van der Waals surface area contributed by atoms with Crippen LogP contribution in [0.15, 0.2) is 6.07 Å². The average Bonchev–Trinajstić information content (AvgIpc) is 2.43. The van der Waals surface area contributed by atoms with Gasteiger partial charge in [-0.2, -0.15) is 0 Å². The lowest BCUT2D eigenvalue weighted by atomic mass is 10.3. The summed E-state index contributed by atoms with van der Waals surface area (Å²) in [6.45, 7) is 3.71. The summed E-state index contributed by atoms with van der Waals surface area (Å²) in [7, 11) is 0. The number of aldehydes is 1. The first-order valence-electron chi connectivity index (χ1n) is 4.01. The Hall–Kier alpha value is -1.58. The molecule has 1 heterocycles. The molecule has 70 valence electrons. The molecule has 4 nitrogen and oxygen atoms in total. The number of hydrogen-bond acceptors (Lipinski definition) is 2. The highest BCUT2D eigenvalue weighted by Crippen LogP contribution is 2.06. The van der Waals surface area contributed by atoms with Crippen LogP contribution in [0.3, 0.4) is 0 Å². The second-order valence-corrected chi connectivity index (χ2v) is 2.90. The highest BCUT2D eigenvalue weighted by Gasteiger charge is 2.02. The third-order valence-corrected chi connectivity index (χ3v) is 1.77. The smallest absolute Gasteiger partial charge is 0.217 e. The molecular weight excluding hydrogens is 168 g/mol. The van der Waals surface area contributed by atoms with Crippen LogP contribution in [0.2, 0.25) is 0 Å². The lowest BCUT2D eigenvalue weighted by molar-refractivity contribution is -0.119. The maximum Gasteiger partial charge on any atom is 0.217 e. The Morgan fingerprint density at radius 3 is 2.85 bits per heavy atom. The number of H-pyrrole nitrogens is 1. The first kappa shape index (κ1) is 9.51. The summed E-state index contributed by atoms with van der Waals surface area (Å²) in [4.78, 5) is 24.1. The molecule has 0 unspecified atom stereocenters. The molecule has 1 aromatic rings. The number of aryl methyl sites for hydroxylation is 1. The van der Waals surface area contributed by atoms with Gasteiger partial charge in [-0.05, 0) is 13.0 Å². The van der Waals surface area contributed by atoms with Crippen molar-refractivity contribution >= 4 is 12.2 Å². The van der Waals surface area contributed by atoms with Crippen molar-refractivity contribution in [2.75, 3.05) is 0 Å². The van der Waals surface area contributed by atoms with Crippen LogP contribution in [0.25, 0.3) is 0 Å². The van der Waals surface area contributed by atoms with Crippen molar-refractivity contribution in [2.45, 2.75) is 20.4 Å². The largest absolute Gasteiger partial charge is 0.360 e. The van der Waals surface area contributed by atoms with E-state index in [1.807, 2.05) is 6.92 Å². The first-order valence-corrected chi connectivity index (χ1v) is 4.01. The molecule has 0 radical (unpaired) electrons. The van der Waals surface area contributed by atoms with E-state index < -0.39 is 0 Å². The zero-order valence-corrected chi connectivity index (χ0v) is 7.68. The molecule has 1 rings (SSSR count). The average molecular weight is 180 g/mol. The summed E-state index contributed by atoms with van der Waals surface area (Å²) in [6, 6.07) is 1.73. The van der Waals surface area contributed by atoms with E-state index in [1.165, 1.54) is 6.92 Å². The quantitative estimate of drug-likeness (QED) is 0.675. The van der Waals surface area contributed by atoms with E-state index in [-0.39, 0.29) is 5.91 Å². The molecule has 0 fully saturated rings. The van der Waals surface area contributed by atoms with Crippen LogP contribution in [-0.4, -0.2) is 17.2 Å². The summed E-state index contributed by atoms with van der Waals surface area (Å²) in [5.41, 5.74) is 2.31. The fourth-order valence-electron chi connectivity index (χ4n) is 1.08. The van der Waals surface area contributed by atoms with Crippen molar-refractivity contribution in [3.63, 3.8) is 0 Å². The van der Waals surface area contributed by atoms with Crippen LogP contribution in [0.4, 0.5) is 0 Å². The van der Waals surface area contributed by atoms with Crippen LogP contribution in [0.5, 0.6) is 0 Å². The summed E-state index contributed by atoms with van der Waals surface area (Å²) in [5.74, 6) is -0.0834. The number of carbonyl (C=O) groups is 2. The molecule has 1 amide bonds. The second kappa shape index (κ2) is 3.89. The van der Waals surface area contributed by atoms with Crippen LogP contribution < -0.4 is 5.32 Å². The number of rotatable bonds is 3. The van der Waals surface area contributed by atoms with Gasteiger partial charge in [-0.25, -0.2) is 0 Å². The lowest BCUT2D eigenvalue weighted by Crippen LogP contribution is -2.18. The van der Waals surface area contributed by atoms with E-state index in [1.54, 1.807) is 6.07 Å². The Balaban J connectivity index is 2.68. The molecule has 0 aliphatic carbocycles. The van der Waals surface area contributed by atoms with Crippen molar-refractivity contribution in [1.82, 2.24) is 10.3 Å². The van der Waals surface area contributed by atoms with Crippen molar-refractivity contribution in [2.24, 2.45) is 0 Å². The predicted molar refractivity (Wildman–Crippen MR) is 48.4 cm³/mol. The molecular formula is C9H12N2O2. The number of hydrogen-bond donors (Lipinski definition) is 2. The zero-order chi connectivity index (χ0) is 9.84. The summed E-state index contributed by atoms with van der Waals surface area (Å²) in [5, 5.41) is 2.64. The van der Waals surface area contributed by atoms with Gasteiger partial charge in [0.2, 0.25) is 5.91 Å². The van der Waals surface area contributed by atoms with E-state index in [2.05, 4.69) is 10.3 Å². The first-order chi connectivity index (χ1) is 6.13. The minimum absolute atomic E-state index is 0.0834. The maximum atomic E-state index is 10.6. The number of amides is 1.